The molecule has 1 aromatic heterocycles. The highest BCUT2D eigenvalue weighted by molar-refractivity contribution is 5.94. The monoisotopic (exact) mass is 404 g/mol. The van der Waals surface area contributed by atoms with Gasteiger partial charge in [-0.1, -0.05) is 54.5 Å². The molecular weight excluding hydrogens is 376 g/mol. The first-order chi connectivity index (χ1) is 14.6. The van der Waals surface area contributed by atoms with Crippen LogP contribution in [0.5, 0.6) is 0 Å². The van der Waals surface area contributed by atoms with Crippen LogP contribution in [0.25, 0.3) is 11.4 Å². The van der Waals surface area contributed by atoms with Gasteiger partial charge in [-0.15, -0.1) is 0 Å². The fourth-order valence-electron chi connectivity index (χ4n) is 3.96. The molecule has 0 bridgehead atoms. The first-order valence-electron chi connectivity index (χ1n) is 10.5. The zero-order valence-corrected chi connectivity index (χ0v) is 17.6. The van der Waals surface area contributed by atoms with Crippen molar-refractivity contribution in [3.8, 4) is 11.4 Å². The van der Waals surface area contributed by atoms with Crippen molar-refractivity contribution in [2.75, 3.05) is 20.1 Å². The van der Waals surface area contributed by atoms with Gasteiger partial charge in [0.05, 0.1) is 6.54 Å². The van der Waals surface area contributed by atoms with Gasteiger partial charge in [0.1, 0.15) is 0 Å². The summed E-state index contributed by atoms with van der Waals surface area (Å²) in [5.74, 6) is 1.65. The maximum atomic E-state index is 12.8. The highest BCUT2D eigenvalue weighted by Gasteiger charge is 2.18. The van der Waals surface area contributed by atoms with Gasteiger partial charge < -0.3 is 9.42 Å². The average Bonchev–Trinajstić information content (AvgIpc) is 3.23. The Labute approximate surface area is 177 Å². The summed E-state index contributed by atoms with van der Waals surface area (Å²) >= 11 is 0. The Morgan fingerprint density at radius 1 is 1.17 bits per heavy atom. The Bertz CT molecular complexity index is 968. The first-order valence-corrected chi connectivity index (χ1v) is 10.5. The maximum absolute atomic E-state index is 12.8. The largest absolute Gasteiger partial charge is 0.337 e. The summed E-state index contributed by atoms with van der Waals surface area (Å²) in [6.45, 7) is 5.84. The summed E-state index contributed by atoms with van der Waals surface area (Å²) < 4.78 is 5.33. The number of carbonyl (C=O) groups is 1. The molecule has 0 aliphatic carbocycles. The van der Waals surface area contributed by atoms with E-state index in [0.29, 0.717) is 17.3 Å². The van der Waals surface area contributed by atoms with Crippen LogP contribution in [0, 0.1) is 5.92 Å². The summed E-state index contributed by atoms with van der Waals surface area (Å²) in [4.78, 5) is 21.3. The molecule has 2 heterocycles. The average molecular weight is 405 g/mol. The van der Waals surface area contributed by atoms with Gasteiger partial charge in [0.25, 0.3) is 5.91 Å². The van der Waals surface area contributed by atoms with Gasteiger partial charge in [-0.05, 0) is 43.0 Å². The molecule has 6 nitrogen and oxygen atoms in total. The van der Waals surface area contributed by atoms with Crippen molar-refractivity contribution >= 4 is 5.91 Å². The lowest BCUT2D eigenvalue weighted by molar-refractivity contribution is 0.0769. The minimum Gasteiger partial charge on any atom is -0.337 e. The molecule has 0 unspecified atom stereocenters. The van der Waals surface area contributed by atoms with Gasteiger partial charge in [0.2, 0.25) is 11.7 Å². The van der Waals surface area contributed by atoms with Crippen LogP contribution in [0.3, 0.4) is 0 Å². The summed E-state index contributed by atoms with van der Waals surface area (Å²) in [7, 11) is 1.75. The standard InChI is InChI=1S/C24H28N4O2/c1-18-7-6-14-28(15-18)16-19-10-12-21(13-11-19)24(29)27(2)17-22-25-23(26-30-22)20-8-4-3-5-9-20/h3-5,8-13,18H,6-7,14-17H2,1-2H3/t18-/m1/s1. The number of hydrogen-bond acceptors (Lipinski definition) is 5. The lowest BCUT2D eigenvalue weighted by Gasteiger charge is -2.30. The van der Waals surface area contributed by atoms with E-state index in [9.17, 15) is 4.79 Å². The summed E-state index contributed by atoms with van der Waals surface area (Å²) in [5.41, 5.74) is 2.80. The molecule has 1 saturated heterocycles. The van der Waals surface area contributed by atoms with Crippen molar-refractivity contribution in [1.82, 2.24) is 19.9 Å². The number of hydrogen-bond donors (Lipinski definition) is 0. The van der Waals surface area contributed by atoms with Crippen molar-refractivity contribution in [3.05, 3.63) is 71.6 Å². The second kappa shape index (κ2) is 9.22. The second-order valence-corrected chi connectivity index (χ2v) is 8.22. The molecule has 3 aromatic rings. The smallest absolute Gasteiger partial charge is 0.254 e. The Morgan fingerprint density at radius 3 is 2.67 bits per heavy atom. The van der Waals surface area contributed by atoms with E-state index < -0.39 is 0 Å². The third kappa shape index (κ3) is 4.94. The molecule has 4 rings (SSSR count). The van der Waals surface area contributed by atoms with E-state index >= 15 is 0 Å². The van der Waals surface area contributed by atoms with Crippen molar-refractivity contribution in [2.45, 2.75) is 32.9 Å². The van der Waals surface area contributed by atoms with E-state index in [-0.39, 0.29) is 12.5 Å². The number of amides is 1. The number of piperidine rings is 1. The first kappa shape index (κ1) is 20.3. The van der Waals surface area contributed by atoms with Crippen molar-refractivity contribution in [1.29, 1.82) is 0 Å². The Kier molecular flexibility index (Phi) is 6.23. The normalized spacial score (nSPS) is 17.1. The summed E-state index contributed by atoms with van der Waals surface area (Å²) in [6.07, 6.45) is 2.59. The molecule has 0 saturated carbocycles. The molecule has 2 aromatic carbocycles. The lowest BCUT2D eigenvalue weighted by atomic mass is 9.99. The summed E-state index contributed by atoms with van der Waals surface area (Å²) in [6, 6.07) is 17.6. The molecule has 1 aliphatic rings. The third-order valence-corrected chi connectivity index (χ3v) is 5.57. The van der Waals surface area contributed by atoms with Crippen LogP contribution >= 0.6 is 0 Å². The zero-order chi connectivity index (χ0) is 20.9. The Morgan fingerprint density at radius 2 is 1.93 bits per heavy atom. The van der Waals surface area contributed by atoms with Crippen LogP contribution in [0.15, 0.2) is 59.1 Å². The fraction of sp³-hybridized carbons (Fsp3) is 0.375. The molecule has 0 radical (unpaired) electrons. The van der Waals surface area contributed by atoms with Crippen LogP contribution in [0.4, 0.5) is 0 Å². The van der Waals surface area contributed by atoms with E-state index in [1.165, 1.54) is 18.4 Å². The molecule has 6 heteroatoms. The van der Waals surface area contributed by atoms with E-state index in [2.05, 4.69) is 34.1 Å². The van der Waals surface area contributed by atoms with Crippen LogP contribution < -0.4 is 0 Å². The molecule has 1 amide bonds. The van der Waals surface area contributed by atoms with Crippen LogP contribution in [0.2, 0.25) is 0 Å². The molecule has 156 valence electrons. The number of benzene rings is 2. The van der Waals surface area contributed by atoms with Crippen LogP contribution in [0.1, 0.15) is 41.6 Å². The van der Waals surface area contributed by atoms with Gasteiger partial charge in [0.15, 0.2) is 0 Å². The minimum absolute atomic E-state index is 0.0624. The third-order valence-electron chi connectivity index (χ3n) is 5.57. The number of rotatable bonds is 6. The van der Waals surface area contributed by atoms with Crippen molar-refractivity contribution in [2.24, 2.45) is 5.92 Å². The van der Waals surface area contributed by atoms with Gasteiger partial charge in [-0.2, -0.15) is 4.98 Å². The van der Waals surface area contributed by atoms with Gasteiger partial charge in [-0.3, -0.25) is 9.69 Å². The predicted octanol–water partition coefficient (Wildman–Crippen LogP) is 4.24. The number of carbonyl (C=O) groups excluding carboxylic acids is 1. The van der Waals surface area contributed by atoms with Crippen molar-refractivity contribution < 1.29 is 9.32 Å². The molecule has 0 spiro atoms. The zero-order valence-electron chi connectivity index (χ0n) is 17.6. The highest BCUT2D eigenvalue weighted by atomic mass is 16.5. The Balaban J connectivity index is 1.35. The quantitative estimate of drug-likeness (QED) is 0.615. The number of likely N-dealkylation sites (tertiary alicyclic amines) is 1. The predicted molar refractivity (Wildman–Crippen MR) is 116 cm³/mol. The van der Waals surface area contributed by atoms with Crippen LogP contribution in [-0.4, -0.2) is 46.0 Å². The molecule has 1 aliphatic heterocycles. The van der Waals surface area contributed by atoms with E-state index in [1.54, 1.807) is 11.9 Å². The molecule has 30 heavy (non-hydrogen) atoms. The number of nitrogens with zero attached hydrogens (tertiary/aromatic N) is 4. The number of aromatic nitrogens is 2. The molecule has 1 atom stereocenters. The van der Waals surface area contributed by atoms with Gasteiger partial charge >= 0.3 is 0 Å². The van der Waals surface area contributed by atoms with Crippen molar-refractivity contribution in [3.63, 3.8) is 0 Å². The van der Waals surface area contributed by atoms with Crippen LogP contribution in [-0.2, 0) is 13.1 Å². The van der Waals surface area contributed by atoms with E-state index in [0.717, 1.165) is 31.1 Å². The van der Waals surface area contributed by atoms with E-state index in [1.807, 2.05) is 42.5 Å². The highest BCUT2D eigenvalue weighted by Crippen LogP contribution is 2.19. The lowest BCUT2D eigenvalue weighted by Crippen LogP contribution is -2.33. The maximum Gasteiger partial charge on any atom is 0.254 e. The topological polar surface area (TPSA) is 62.5 Å². The van der Waals surface area contributed by atoms with Gasteiger partial charge in [0, 0.05) is 31.3 Å². The molecule has 0 N–H and O–H groups in total. The van der Waals surface area contributed by atoms with E-state index in [4.69, 9.17) is 4.52 Å². The Hall–Kier alpha value is -2.99. The molecular formula is C24H28N4O2. The van der Waals surface area contributed by atoms with Gasteiger partial charge in [-0.25, -0.2) is 0 Å². The fourth-order valence-corrected chi connectivity index (χ4v) is 3.96. The molecule has 1 fully saturated rings. The minimum atomic E-state index is -0.0624. The summed E-state index contributed by atoms with van der Waals surface area (Å²) in [5, 5.41) is 4.02. The second-order valence-electron chi connectivity index (χ2n) is 8.22. The SMILES string of the molecule is C[C@@H]1CCCN(Cc2ccc(C(=O)N(C)Cc3nc(-c4ccccc4)no3)cc2)C1.